The van der Waals surface area contributed by atoms with Gasteiger partial charge in [0.1, 0.15) is 17.1 Å². The number of nitrogens with zero attached hydrogens (tertiary/aromatic N) is 2. The van der Waals surface area contributed by atoms with Crippen LogP contribution in [0.4, 0.5) is 0 Å². The Balaban J connectivity index is 1.63. The van der Waals surface area contributed by atoms with Gasteiger partial charge in [0.05, 0.1) is 23.1 Å². The van der Waals surface area contributed by atoms with Crippen molar-refractivity contribution >= 4 is 22.6 Å². The SMILES string of the molecule is O=c1oc2c(Cc3cn[nH]c3-c3cc(Cl)ccc3O)c(O)ccc2cc1-c1ccccn1. The highest BCUT2D eigenvalue weighted by Gasteiger charge is 2.18. The molecule has 2 aromatic carbocycles. The normalized spacial score (nSPS) is 11.2. The molecule has 8 heteroatoms. The molecule has 0 radical (unpaired) electrons. The Bertz CT molecular complexity index is 1510. The smallest absolute Gasteiger partial charge is 0.345 e. The summed E-state index contributed by atoms with van der Waals surface area (Å²) in [6.07, 6.45) is 3.40. The Morgan fingerprint density at radius 3 is 2.66 bits per heavy atom. The molecule has 0 aliphatic carbocycles. The summed E-state index contributed by atoms with van der Waals surface area (Å²) in [6, 6.07) is 14.9. The van der Waals surface area contributed by atoms with Crippen LogP contribution in [0.2, 0.25) is 5.02 Å². The predicted molar refractivity (Wildman–Crippen MR) is 121 cm³/mol. The van der Waals surface area contributed by atoms with Crippen LogP contribution in [0.15, 0.2) is 76.2 Å². The van der Waals surface area contributed by atoms with Crippen molar-refractivity contribution in [1.29, 1.82) is 0 Å². The lowest BCUT2D eigenvalue weighted by Crippen LogP contribution is -2.05. The van der Waals surface area contributed by atoms with E-state index in [4.69, 9.17) is 16.0 Å². The van der Waals surface area contributed by atoms with Crippen LogP contribution in [0.5, 0.6) is 11.5 Å². The minimum absolute atomic E-state index is 0.0197. The first kappa shape index (κ1) is 19.8. The number of phenolic OH excluding ortho intramolecular Hbond substituents is 2. The zero-order chi connectivity index (χ0) is 22.2. The van der Waals surface area contributed by atoms with Gasteiger partial charge in [-0.15, -0.1) is 0 Å². The van der Waals surface area contributed by atoms with E-state index in [9.17, 15) is 15.0 Å². The van der Waals surface area contributed by atoms with E-state index in [0.717, 1.165) is 0 Å². The molecule has 32 heavy (non-hydrogen) atoms. The Hall–Kier alpha value is -4.10. The number of pyridine rings is 1. The molecule has 0 saturated heterocycles. The highest BCUT2D eigenvalue weighted by molar-refractivity contribution is 6.31. The fourth-order valence-electron chi connectivity index (χ4n) is 3.68. The second-order valence-electron chi connectivity index (χ2n) is 7.25. The van der Waals surface area contributed by atoms with Crippen LogP contribution in [0.1, 0.15) is 11.1 Å². The van der Waals surface area contributed by atoms with Gasteiger partial charge in [-0.1, -0.05) is 17.7 Å². The summed E-state index contributed by atoms with van der Waals surface area (Å²) >= 11 is 6.09. The lowest BCUT2D eigenvalue weighted by Gasteiger charge is -2.10. The van der Waals surface area contributed by atoms with E-state index in [-0.39, 0.29) is 23.5 Å². The third-order valence-electron chi connectivity index (χ3n) is 5.23. The first-order valence-electron chi connectivity index (χ1n) is 9.72. The first-order chi connectivity index (χ1) is 15.5. The summed E-state index contributed by atoms with van der Waals surface area (Å²) in [5.41, 5.74) is 2.70. The molecule has 158 valence electrons. The number of hydrogen-bond acceptors (Lipinski definition) is 6. The molecule has 0 atom stereocenters. The van der Waals surface area contributed by atoms with E-state index < -0.39 is 5.63 Å². The molecule has 0 unspecified atom stereocenters. The molecule has 7 nitrogen and oxygen atoms in total. The highest BCUT2D eigenvalue weighted by Crippen LogP contribution is 2.36. The average molecular weight is 446 g/mol. The highest BCUT2D eigenvalue weighted by atomic mass is 35.5. The van der Waals surface area contributed by atoms with Gasteiger partial charge >= 0.3 is 5.63 Å². The molecule has 3 aromatic heterocycles. The molecule has 5 aromatic rings. The largest absolute Gasteiger partial charge is 0.508 e. The third kappa shape index (κ3) is 3.48. The Labute approximate surface area is 186 Å². The van der Waals surface area contributed by atoms with Crippen molar-refractivity contribution in [2.45, 2.75) is 6.42 Å². The summed E-state index contributed by atoms with van der Waals surface area (Å²) in [6.45, 7) is 0. The fourth-order valence-corrected chi connectivity index (χ4v) is 3.85. The maximum atomic E-state index is 12.7. The minimum Gasteiger partial charge on any atom is -0.508 e. The number of phenols is 2. The van der Waals surface area contributed by atoms with Crippen molar-refractivity contribution in [2.75, 3.05) is 0 Å². The fraction of sp³-hybridized carbons (Fsp3) is 0.0417. The molecule has 3 N–H and O–H groups in total. The van der Waals surface area contributed by atoms with Crippen molar-refractivity contribution in [3.63, 3.8) is 0 Å². The molecular weight excluding hydrogens is 430 g/mol. The van der Waals surface area contributed by atoms with Crippen molar-refractivity contribution in [1.82, 2.24) is 15.2 Å². The van der Waals surface area contributed by atoms with Crippen LogP contribution < -0.4 is 5.63 Å². The number of aromatic nitrogens is 3. The van der Waals surface area contributed by atoms with Gasteiger partial charge in [0, 0.05) is 39.7 Å². The molecule has 0 amide bonds. The lowest BCUT2D eigenvalue weighted by molar-refractivity contribution is 0.466. The number of halogens is 1. The second kappa shape index (κ2) is 7.86. The van der Waals surface area contributed by atoms with Crippen LogP contribution in [0, 0.1) is 0 Å². The third-order valence-corrected chi connectivity index (χ3v) is 5.47. The van der Waals surface area contributed by atoms with Crippen molar-refractivity contribution in [3.8, 4) is 34.0 Å². The standard InChI is InChI=1S/C24H16ClN3O4/c25-15-5-7-20(29)17(11-15)22-14(12-27-28-22)10-18-21(30)6-4-13-9-16(24(31)32-23(13)18)19-3-1-2-8-26-19/h1-9,11-12,29-30H,10H2,(H,27,28). The molecule has 0 saturated carbocycles. The number of aromatic amines is 1. The van der Waals surface area contributed by atoms with Gasteiger partial charge < -0.3 is 14.6 Å². The Kier molecular flexibility index (Phi) is 4.88. The first-order valence-corrected chi connectivity index (χ1v) is 10.1. The quantitative estimate of drug-likeness (QED) is 0.339. The van der Waals surface area contributed by atoms with Gasteiger partial charge in [-0.25, -0.2) is 4.79 Å². The van der Waals surface area contributed by atoms with Gasteiger partial charge in [0.25, 0.3) is 0 Å². The summed E-state index contributed by atoms with van der Waals surface area (Å²) in [5.74, 6) is 0.0160. The maximum Gasteiger partial charge on any atom is 0.345 e. The van der Waals surface area contributed by atoms with Gasteiger partial charge in [-0.2, -0.15) is 5.10 Å². The van der Waals surface area contributed by atoms with Crippen LogP contribution >= 0.6 is 11.6 Å². The van der Waals surface area contributed by atoms with Crippen LogP contribution in [-0.4, -0.2) is 25.4 Å². The molecule has 5 rings (SSSR count). The lowest BCUT2D eigenvalue weighted by atomic mass is 9.98. The number of H-pyrrole nitrogens is 1. The number of rotatable bonds is 4. The molecular formula is C24H16ClN3O4. The molecule has 3 heterocycles. The molecule has 0 aliphatic rings. The van der Waals surface area contributed by atoms with E-state index in [0.29, 0.717) is 44.1 Å². The zero-order valence-electron chi connectivity index (χ0n) is 16.5. The monoisotopic (exact) mass is 445 g/mol. The van der Waals surface area contributed by atoms with E-state index in [1.807, 2.05) is 0 Å². The van der Waals surface area contributed by atoms with Crippen molar-refractivity contribution in [3.05, 3.63) is 93.6 Å². The van der Waals surface area contributed by atoms with Crippen molar-refractivity contribution in [2.24, 2.45) is 0 Å². The van der Waals surface area contributed by atoms with Crippen LogP contribution in [0.3, 0.4) is 0 Å². The van der Waals surface area contributed by atoms with Crippen molar-refractivity contribution < 1.29 is 14.6 Å². The molecule has 0 spiro atoms. The summed E-state index contributed by atoms with van der Waals surface area (Å²) in [5, 5.41) is 28.9. The predicted octanol–water partition coefficient (Wildman–Crippen LogP) is 4.90. The van der Waals surface area contributed by atoms with Crippen LogP contribution in [-0.2, 0) is 6.42 Å². The van der Waals surface area contributed by atoms with E-state index in [2.05, 4.69) is 15.2 Å². The topological polar surface area (TPSA) is 112 Å². The Morgan fingerprint density at radius 2 is 1.84 bits per heavy atom. The molecule has 0 fully saturated rings. The summed E-state index contributed by atoms with van der Waals surface area (Å²) < 4.78 is 5.64. The van der Waals surface area contributed by atoms with Gasteiger partial charge in [-0.3, -0.25) is 10.1 Å². The van der Waals surface area contributed by atoms with E-state index in [1.165, 1.54) is 6.07 Å². The van der Waals surface area contributed by atoms with Gasteiger partial charge in [0.15, 0.2) is 0 Å². The van der Waals surface area contributed by atoms with E-state index in [1.54, 1.807) is 60.9 Å². The van der Waals surface area contributed by atoms with Gasteiger partial charge in [0.2, 0.25) is 0 Å². The Morgan fingerprint density at radius 1 is 1.00 bits per heavy atom. The molecule has 0 bridgehead atoms. The van der Waals surface area contributed by atoms with Gasteiger partial charge in [-0.05, 0) is 48.5 Å². The molecule has 0 aliphatic heterocycles. The summed E-state index contributed by atoms with van der Waals surface area (Å²) in [7, 11) is 0. The zero-order valence-corrected chi connectivity index (χ0v) is 17.3. The number of hydrogen-bond donors (Lipinski definition) is 3. The number of benzene rings is 2. The number of fused-ring (bicyclic) bond motifs is 1. The summed E-state index contributed by atoms with van der Waals surface area (Å²) in [4.78, 5) is 16.9. The van der Waals surface area contributed by atoms with E-state index >= 15 is 0 Å². The maximum absolute atomic E-state index is 12.7. The minimum atomic E-state index is -0.553. The second-order valence-corrected chi connectivity index (χ2v) is 7.69. The van der Waals surface area contributed by atoms with Crippen LogP contribution in [0.25, 0.3) is 33.5 Å². The average Bonchev–Trinajstić information content (AvgIpc) is 3.26. The number of aromatic hydroxyl groups is 2. The number of nitrogens with one attached hydrogen (secondary N) is 1.